The van der Waals surface area contributed by atoms with Gasteiger partial charge in [0, 0.05) is 51.1 Å². The standard InChI is InChI=1S/C21H26N4O3/c1-16-13-18(23-28-16)20(27)24-11-7-21(8-12-24)6-4-19(26)25(15-21)10-5-17-3-2-9-22-14-17/h2-3,9,13-14H,4-8,10-12,15H2,1H3. The molecule has 4 heterocycles. The van der Waals surface area contributed by atoms with Crippen LogP contribution in [0.3, 0.4) is 0 Å². The summed E-state index contributed by atoms with van der Waals surface area (Å²) in [5.74, 6) is 0.824. The molecule has 0 bridgehead atoms. The van der Waals surface area contributed by atoms with Crippen LogP contribution in [0.5, 0.6) is 0 Å². The van der Waals surface area contributed by atoms with Crippen molar-refractivity contribution in [3.63, 3.8) is 0 Å². The number of piperidine rings is 2. The van der Waals surface area contributed by atoms with Crippen molar-refractivity contribution in [1.29, 1.82) is 0 Å². The Hall–Kier alpha value is -2.70. The zero-order valence-corrected chi connectivity index (χ0v) is 16.3. The highest BCUT2D eigenvalue weighted by molar-refractivity contribution is 5.92. The molecule has 2 aliphatic heterocycles. The number of nitrogens with zero attached hydrogens (tertiary/aromatic N) is 4. The van der Waals surface area contributed by atoms with Crippen molar-refractivity contribution in [2.24, 2.45) is 5.41 Å². The predicted octanol–water partition coefficient (Wildman–Crippen LogP) is 2.47. The number of likely N-dealkylation sites (tertiary alicyclic amines) is 2. The molecule has 2 aromatic rings. The van der Waals surface area contributed by atoms with Gasteiger partial charge >= 0.3 is 0 Å². The lowest BCUT2D eigenvalue weighted by atomic mass is 9.72. The monoisotopic (exact) mass is 382 g/mol. The predicted molar refractivity (Wildman–Crippen MR) is 103 cm³/mol. The van der Waals surface area contributed by atoms with Gasteiger partial charge in [-0.15, -0.1) is 0 Å². The summed E-state index contributed by atoms with van der Waals surface area (Å²) in [6.45, 7) is 4.71. The number of hydrogen-bond donors (Lipinski definition) is 0. The van der Waals surface area contributed by atoms with E-state index in [9.17, 15) is 9.59 Å². The van der Waals surface area contributed by atoms with Crippen molar-refractivity contribution in [2.45, 2.75) is 39.0 Å². The molecule has 7 nitrogen and oxygen atoms in total. The van der Waals surface area contributed by atoms with Crippen LogP contribution in [0, 0.1) is 12.3 Å². The Morgan fingerprint density at radius 3 is 2.79 bits per heavy atom. The number of carbonyl (C=O) groups excluding carboxylic acids is 2. The molecule has 0 aliphatic carbocycles. The number of amides is 2. The van der Waals surface area contributed by atoms with Gasteiger partial charge in [-0.3, -0.25) is 14.6 Å². The first-order valence-corrected chi connectivity index (χ1v) is 9.94. The molecule has 7 heteroatoms. The fourth-order valence-electron chi connectivity index (χ4n) is 4.34. The summed E-state index contributed by atoms with van der Waals surface area (Å²) in [5, 5.41) is 3.85. The lowest BCUT2D eigenvalue weighted by molar-refractivity contribution is -0.138. The largest absolute Gasteiger partial charge is 0.361 e. The van der Waals surface area contributed by atoms with Gasteiger partial charge in [0.1, 0.15) is 5.76 Å². The maximum Gasteiger partial charge on any atom is 0.276 e. The van der Waals surface area contributed by atoms with E-state index in [2.05, 4.69) is 10.1 Å². The molecular weight excluding hydrogens is 356 g/mol. The molecule has 4 rings (SSSR count). The van der Waals surface area contributed by atoms with Crippen LogP contribution in [-0.4, -0.2) is 57.9 Å². The highest BCUT2D eigenvalue weighted by Crippen LogP contribution is 2.40. The van der Waals surface area contributed by atoms with Crippen molar-refractivity contribution >= 4 is 11.8 Å². The van der Waals surface area contributed by atoms with Crippen LogP contribution in [0.25, 0.3) is 0 Å². The Kier molecular flexibility index (Phi) is 5.15. The molecule has 2 aliphatic rings. The number of pyridine rings is 1. The molecule has 0 radical (unpaired) electrons. The molecule has 148 valence electrons. The average Bonchev–Trinajstić information content (AvgIpc) is 3.16. The van der Waals surface area contributed by atoms with Gasteiger partial charge in [0.15, 0.2) is 5.69 Å². The fourth-order valence-corrected chi connectivity index (χ4v) is 4.34. The Bertz CT molecular complexity index is 840. The molecule has 2 saturated heterocycles. The van der Waals surface area contributed by atoms with Gasteiger partial charge in [-0.2, -0.15) is 0 Å². The first-order chi connectivity index (χ1) is 13.5. The smallest absolute Gasteiger partial charge is 0.276 e. The summed E-state index contributed by atoms with van der Waals surface area (Å²) in [6.07, 6.45) is 7.81. The number of carbonyl (C=O) groups is 2. The van der Waals surface area contributed by atoms with Gasteiger partial charge in [-0.25, -0.2) is 0 Å². The van der Waals surface area contributed by atoms with Crippen LogP contribution < -0.4 is 0 Å². The van der Waals surface area contributed by atoms with Crippen molar-refractivity contribution < 1.29 is 14.1 Å². The van der Waals surface area contributed by atoms with E-state index in [4.69, 9.17) is 4.52 Å². The summed E-state index contributed by atoms with van der Waals surface area (Å²) >= 11 is 0. The molecular formula is C21H26N4O3. The third kappa shape index (κ3) is 3.93. The van der Waals surface area contributed by atoms with Crippen molar-refractivity contribution in [3.8, 4) is 0 Å². The van der Waals surface area contributed by atoms with Crippen molar-refractivity contribution in [3.05, 3.63) is 47.6 Å². The van der Waals surface area contributed by atoms with Gasteiger partial charge in [-0.05, 0) is 49.7 Å². The zero-order valence-electron chi connectivity index (χ0n) is 16.3. The highest BCUT2D eigenvalue weighted by Gasteiger charge is 2.41. The molecule has 28 heavy (non-hydrogen) atoms. The van der Waals surface area contributed by atoms with Crippen LogP contribution in [0.1, 0.15) is 47.5 Å². The summed E-state index contributed by atoms with van der Waals surface area (Å²) < 4.78 is 5.03. The number of hydrogen-bond acceptors (Lipinski definition) is 5. The molecule has 2 fully saturated rings. The van der Waals surface area contributed by atoms with Crippen molar-refractivity contribution in [2.75, 3.05) is 26.2 Å². The first-order valence-electron chi connectivity index (χ1n) is 9.94. The minimum absolute atomic E-state index is 0.0629. The van der Waals surface area contributed by atoms with Gasteiger partial charge in [0.05, 0.1) is 0 Å². The lowest BCUT2D eigenvalue weighted by Gasteiger charge is -2.47. The molecule has 0 saturated carbocycles. The van der Waals surface area contributed by atoms with E-state index in [-0.39, 0.29) is 17.2 Å². The topological polar surface area (TPSA) is 79.5 Å². The summed E-state index contributed by atoms with van der Waals surface area (Å²) in [7, 11) is 0. The fraction of sp³-hybridized carbons (Fsp3) is 0.524. The van der Waals surface area contributed by atoms with E-state index < -0.39 is 0 Å². The summed E-state index contributed by atoms with van der Waals surface area (Å²) in [4.78, 5) is 33.0. The second kappa shape index (κ2) is 7.73. The lowest BCUT2D eigenvalue weighted by Crippen LogP contribution is -2.52. The quantitative estimate of drug-likeness (QED) is 0.812. The Morgan fingerprint density at radius 2 is 2.11 bits per heavy atom. The number of aryl methyl sites for hydroxylation is 1. The van der Waals surface area contributed by atoms with E-state index in [1.807, 2.05) is 28.1 Å². The first kappa shape index (κ1) is 18.7. The molecule has 0 atom stereocenters. The number of rotatable bonds is 4. The van der Waals surface area contributed by atoms with Crippen molar-refractivity contribution in [1.82, 2.24) is 19.9 Å². The summed E-state index contributed by atoms with van der Waals surface area (Å²) in [5.41, 5.74) is 1.66. The average molecular weight is 382 g/mol. The van der Waals surface area contributed by atoms with Crippen LogP contribution in [0.15, 0.2) is 35.1 Å². The second-order valence-electron chi connectivity index (χ2n) is 8.04. The molecule has 0 N–H and O–H groups in total. The Morgan fingerprint density at radius 1 is 1.29 bits per heavy atom. The van der Waals surface area contributed by atoms with Gasteiger partial charge in [-0.1, -0.05) is 11.2 Å². The van der Waals surface area contributed by atoms with E-state index in [0.29, 0.717) is 31.0 Å². The van der Waals surface area contributed by atoms with Gasteiger partial charge < -0.3 is 14.3 Å². The minimum atomic E-state index is -0.0629. The molecule has 2 aromatic heterocycles. The van der Waals surface area contributed by atoms with E-state index in [1.165, 1.54) is 0 Å². The normalized spacial score (nSPS) is 19.2. The highest BCUT2D eigenvalue weighted by atomic mass is 16.5. The zero-order chi connectivity index (χ0) is 19.6. The van der Waals surface area contributed by atoms with Gasteiger partial charge in [0.2, 0.25) is 5.91 Å². The SMILES string of the molecule is Cc1cc(C(=O)N2CCC3(CCC(=O)N(CCc4cccnc4)C3)CC2)no1. The van der Waals surface area contributed by atoms with E-state index in [0.717, 1.165) is 44.3 Å². The molecule has 0 aromatic carbocycles. The maximum atomic E-state index is 12.6. The summed E-state index contributed by atoms with van der Waals surface area (Å²) in [6, 6.07) is 5.66. The maximum absolute atomic E-state index is 12.6. The Balaban J connectivity index is 1.35. The molecule has 0 unspecified atom stereocenters. The van der Waals surface area contributed by atoms with E-state index in [1.54, 1.807) is 19.2 Å². The Labute approximate surface area is 164 Å². The van der Waals surface area contributed by atoms with Crippen LogP contribution in [0.4, 0.5) is 0 Å². The van der Waals surface area contributed by atoms with Crippen LogP contribution in [0.2, 0.25) is 0 Å². The van der Waals surface area contributed by atoms with Gasteiger partial charge in [0.25, 0.3) is 5.91 Å². The molecule has 2 amide bonds. The van der Waals surface area contributed by atoms with Crippen LogP contribution in [-0.2, 0) is 11.2 Å². The number of aromatic nitrogens is 2. The third-order valence-corrected chi connectivity index (χ3v) is 6.10. The third-order valence-electron chi connectivity index (χ3n) is 6.10. The molecule has 1 spiro atoms. The minimum Gasteiger partial charge on any atom is -0.361 e. The van der Waals surface area contributed by atoms with E-state index >= 15 is 0 Å². The second-order valence-corrected chi connectivity index (χ2v) is 8.04. The van der Waals surface area contributed by atoms with Crippen LogP contribution >= 0.6 is 0 Å².